The van der Waals surface area contributed by atoms with Crippen LogP contribution in [0.5, 0.6) is 0 Å². The van der Waals surface area contributed by atoms with Crippen LogP contribution in [-0.2, 0) is 0 Å². The second-order valence-electron chi connectivity index (χ2n) is 4.26. The molecule has 0 bridgehead atoms. The van der Waals surface area contributed by atoms with Crippen molar-refractivity contribution in [2.45, 2.75) is 20.8 Å². The molecule has 0 atom stereocenters. The van der Waals surface area contributed by atoms with Crippen LogP contribution in [0.1, 0.15) is 29.9 Å². The number of benzene rings is 1. The van der Waals surface area contributed by atoms with Crippen LogP contribution in [-0.4, -0.2) is 28.9 Å². The van der Waals surface area contributed by atoms with Gasteiger partial charge in [0.25, 0.3) is 5.91 Å². The molecule has 0 radical (unpaired) electrons. The summed E-state index contributed by atoms with van der Waals surface area (Å²) < 4.78 is 13.9. The molecule has 18 heavy (non-hydrogen) atoms. The van der Waals surface area contributed by atoms with Gasteiger partial charge in [0.1, 0.15) is 5.82 Å². The molecule has 2 aromatic rings. The number of amides is 1. The Morgan fingerprint density at radius 2 is 2.00 bits per heavy atom. The van der Waals surface area contributed by atoms with Crippen molar-refractivity contribution in [1.29, 1.82) is 0 Å². The lowest BCUT2D eigenvalue weighted by atomic mass is 10.1. The molecule has 0 fully saturated rings. The number of nitrogens with zero attached hydrogens (tertiary/aromatic N) is 1. The number of hydrogen-bond acceptors (Lipinski definition) is 1. The molecule has 96 valence electrons. The lowest BCUT2D eigenvalue weighted by molar-refractivity contribution is 0.0774. The van der Waals surface area contributed by atoms with Crippen molar-refractivity contribution in [3.05, 3.63) is 35.3 Å². The molecule has 0 aliphatic rings. The van der Waals surface area contributed by atoms with Gasteiger partial charge in [-0.3, -0.25) is 4.79 Å². The van der Waals surface area contributed by atoms with Crippen LogP contribution >= 0.6 is 0 Å². The van der Waals surface area contributed by atoms with Crippen LogP contribution in [0, 0.1) is 12.7 Å². The summed E-state index contributed by atoms with van der Waals surface area (Å²) in [5, 5.41) is 0.395. The first-order chi connectivity index (χ1) is 8.60. The maximum Gasteiger partial charge on any atom is 0.256 e. The number of nitrogens with one attached hydrogen (secondary N) is 1. The lowest BCUT2D eigenvalue weighted by Crippen LogP contribution is -2.30. The summed E-state index contributed by atoms with van der Waals surface area (Å²) in [5.41, 5.74) is 1.84. The van der Waals surface area contributed by atoms with Crippen molar-refractivity contribution in [3.8, 4) is 0 Å². The summed E-state index contributed by atoms with van der Waals surface area (Å²) >= 11 is 0. The summed E-state index contributed by atoms with van der Waals surface area (Å²) in [6.07, 6.45) is 0. The second-order valence-corrected chi connectivity index (χ2v) is 4.26. The second kappa shape index (κ2) is 4.80. The number of rotatable bonds is 3. The molecule has 0 saturated heterocycles. The number of carbonyl (C=O) groups is 1. The minimum atomic E-state index is -0.354. The summed E-state index contributed by atoms with van der Waals surface area (Å²) in [7, 11) is 0. The van der Waals surface area contributed by atoms with E-state index in [2.05, 4.69) is 4.98 Å². The number of aryl methyl sites for hydroxylation is 1. The number of halogens is 1. The van der Waals surface area contributed by atoms with Crippen LogP contribution < -0.4 is 0 Å². The quantitative estimate of drug-likeness (QED) is 0.890. The van der Waals surface area contributed by atoms with E-state index < -0.39 is 0 Å². The van der Waals surface area contributed by atoms with Gasteiger partial charge in [-0.25, -0.2) is 4.39 Å². The molecule has 0 unspecified atom stereocenters. The molecule has 4 heteroatoms. The van der Waals surface area contributed by atoms with E-state index in [1.807, 2.05) is 13.8 Å². The van der Waals surface area contributed by atoms with Gasteiger partial charge in [0, 0.05) is 29.7 Å². The summed E-state index contributed by atoms with van der Waals surface area (Å²) in [6, 6.07) is 4.80. The number of fused-ring (bicyclic) bond motifs is 1. The molecule has 1 amide bonds. The van der Waals surface area contributed by atoms with Gasteiger partial charge >= 0.3 is 0 Å². The Morgan fingerprint density at radius 3 is 2.61 bits per heavy atom. The van der Waals surface area contributed by atoms with Crippen LogP contribution in [0.15, 0.2) is 18.2 Å². The van der Waals surface area contributed by atoms with Gasteiger partial charge < -0.3 is 9.88 Å². The minimum absolute atomic E-state index is 0.117. The van der Waals surface area contributed by atoms with Crippen LogP contribution in [0.3, 0.4) is 0 Å². The molecule has 1 aromatic heterocycles. The SMILES string of the molecule is CCN(CC)C(=O)c1c(C)[nH]c2cccc(F)c12. The van der Waals surface area contributed by atoms with Gasteiger partial charge in [-0.2, -0.15) is 0 Å². The van der Waals surface area contributed by atoms with Gasteiger partial charge in [0.05, 0.1) is 5.56 Å². The van der Waals surface area contributed by atoms with Crippen molar-refractivity contribution < 1.29 is 9.18 Å². The fourth-order valence-electron chi connectivity index (χ4n) is 2.27. The first kappa shape index (κ1) is 12.6. The highest BCUT2D eigenvalue weighted by Crippen LogP contribution is 2.26. The van der Waals surface area contributed by atoms with E-state index in [9.17, 15) is 9.18 Å². The number of hydrogen-bond donors (Lipinski definition) is 1. The van der Waals surface area contributed by atoms with E-state index in [1.54, 1.807) is 24.0 Å². The molecule has 2 rings (SSSR count). The predicted octanol–water partition coefficient (Wildman–Crippen LogP) is 3.10. The smallest absolute Gasteiger partial charge is 0.256 e. The first-order valence-electron chi connectivity index (χ1n) is 6.16. The van der Waals surface area contributed by atoms with Gasteiger partial charge in [0.15, 0.2) is 0 Å². The predicted molar refractivity (Wildman–Crippen MR) is 70.2 cm³/mol. The zero-order chi connectivity index (χ0) is 13.3. The number of aromatic amines is 1. The highest BCUT2D eigenvalue weighted by Gasteiger charge is 2.21. The Labute approximate surface area is 106 Å². The Bertz CT molecular complexity index is 585. The lowest BCUT2D eigenvalue weighted by Gasteiger charge is -2.18. The Hall–Kier alpha value is -1.84. The van der Waals surface area contributed by atoms with Gasteiger partial charge in [-0.1, -0.05) is 6.07 Å². The van der Waals surface area contributed by atoms with E-state index >= 15 is 0 Å². The van der Waals surface area contributed by atoms with Crippen LogP contribution in [0.2, 0.25) is 0 Å². The fourth-order valence-corrected chi connectivity index (χ4v) is 2.27. The molecule has 3 nitrogen and oxygen atoms in total. The van der Waals surface area contributed by atoms with Crippen LogP contribution in [0.4, 0.5) is 4.39 Å². The number of H-pyrrole nitrogens is 1. The Balaban J connectivity index is 2.63. The maximum absolute atomic E-state index is 13.9. The molecule has 0 spiro atoms. The largest absolute Gasteiger partial charge is 0.358 e. The first-order valence-corrected chi connectivity index (χ1v) is 6.16. The highest BCUT2D eigenvalue weighted by atomic mass is 19.1. The minimum Gasteiger partial charge on any atom is -0.358 e. The summed E-state index contributed by atoms with van der Waals surface area (Å²) in [5.74, 6) is -0.471. The molecule has 0 aliphatic heterocycles. The Kier molecular flexibility index (Phi) is 3.36. The molecule has 1 N–H and O–H groups in total. The molecule has 1 heterocycles. The normalized spacial score (nSPS) is 10.9. The summed E-state index contributed by atoms with van der Waals surface area (Å²) in [6.45, 7) is 6.88. The van der Waals surface area contributed by atoms with Crippen molar-refractivity contribution in [2.75, 3.05) is 13.1 Å². The third kappa shape index (κ3) is 1.88. The van der Waals surface area contributed by atoms with Crippen LogP contribution in [0.25, 0.3) is 10.9 Å². The van der Waals surface area contributed by atoms with Gasteiger partial charge in [-0.05, 0) is 32.9 Å². The molecule has 0 saturated carbocycles. The van der Waals surface area contributed by atoms with Crippen molar-refractivity contribution >= 4 is 16.8 Å². The average Bonchev–Trinajstić information content (AvgIpc) is 2.68. The number of carbonyl (C=O) groups excluding carboxylic acids is 1. The molecule has 1 aromatic carbocycles. The fraction of sp³-hybridized carbons (Fsp3) is 0.357. The molecule has 0 aliphatic carbocycles. The topological polar surface area (TPSA) is 36.1 Å². The van der Waals surface area contributed by atoms with E-state index in [0.717, 1.165) is 0 Å². The van der Waals surface area contributed by atoms with E-state index in [-0.39, 0.29) is 11.7 Å². The van der Waals surface area contributed by atoms with Crippen molar-refractivity contribution in [1.82, 2.24) is 9.88 Å². The van der Waals surface area contributed by atoms with E-state index in [4.69, 9.17) is 0 Å². The maximum atomic E-state index is 13.9. The van der Waals surface area contributed by atoms with Gasteiger partial charge in [0.2, 0.25) is 0 Å². The van der Waals surface area contributed by atoms with E-state index in [0.29, 0.717) is 35.2 Å². The number of aromatic nitrogens is 1. The summed E-state index contributed by atoms with van der Waals surface area (Å²) in [4.78, 5) is 17.2. The zero-order valence-electron chi connectivity index (χ0n) is 10.9. The van der Waals surface area contributed by atoms with Gasteiger partial charge in [-0.15, -0.1) is 0 Å². The monoisotopic (exact) mass is 248 g/mol. The average molecular weight is 248 g/mol. The molecular weight excluding hydrogens is 231 g/mol. The standard InChI is InChI=1S/C14H17FN2O/c1-4-17(5-2)14(18)12-9(3)16-11-8-6-7-10(15)13(11)12/h6-8,16H,4-5H2,1-3H3. The molecular formula is C14H17FN2O. The van der Waals surface area contributed by atoms with Crippen molar-refractivity contribution in [2.24, 2.45) is 0 Å². The third-order valence-electron chi connectivity index (χ3n) is 3.23. The zero-order valence-corrected chi connectivity index (χ0v) is 10.9. The third-order valence-corrected chi connectivity index (χ3v) is 3.23. The van der Waals surface area contributed by atoms with E-state index in [1.165, 1.54) is 6.07 Å². The highest BCUT2D eigenvalue weighted by molar-refractivity contribution is 6.08. The Morgan fingerprint density at radius 1 is 1.33 bits per heavy atom. The van der Waals surface area contributed by atoms with Crippen molar-refractivity contribution in [3.63, 3.8) is 0 Å².